The molecule has 0 radical (unpaired) electrons. The molecule has 1 aromatic rings. The molecule has 2 rings (SSSR count). The normalized spacial score (nSPS) is 17.4. The Hall–Kier alpha value is -1.42. The predicted octanol–water partition coefficient (Wildman–Crippen LogP) is 1.63. The Balaban J connectivity index is 1.87. The largest absolute Gasteiger partial charge is 0.480 e. The first-order valence-electron chi connectivity index (χ1n) is 5.85. The van der Waals surface area contributed by atoms with E-state index in [2.05, 4.69) is 9.36 Å². The standard InChI is InChI=1S/C10H12F3N3O3S/c11-10(12,13)8-14-9(20-15-8)16-3-1-6(2-4-16)19-5-7(17)18/h6H,1-5H2,(H,17,18). The van der Waals surface area contributed by atoms with E-state index in [1.54, 1.807) is 4.90 Å². The van der Waals surface area contributed by atoms with Gasteiger partial charge in [0.15, 0.2) is 0 Å². The number of carbonyl (C=O) groups is 1. The van der Waals surface area contributed by atoms with Gasteiger partial charge in [0.25, 0.3) is 0 Å². The molecule has 0 unspecified atom stereocenters. The molecule has 0 aliphatic carbocycles. The van der Waals surface area contributed by atoms with Gasteiger partial charge in [-0.15, -0.1) is 0 Å². The van der Waals surface area contributed by atoms with E-state index in [1.165, 1.54) is 0 Å². The van der Waals surface area contributed by atoms with Gasteiger partial charge in [0.05, 0.1) is 6.10 Å². The van der Waals surface area contributed by atoms with E-state index < -0.39 is 18.0 Å². The molecule has 1 N–H and O–H groups in total. The summed E-state index contributed by atoms with van der Waals surface area (Å²) in [5.41, 5.74) is 0. The number of hydrogen-bond acceptors (Lipinski definition) is 6. The highest BCUT2D eigenvalue weighted by atomic mass is 32.1. The molecule has 6 nitrogen and oxygen atoms in total. The molecule has 2 heterocycles. The summed E-state index contributed by atoms with van der Waals surface area (Å²) in [6, 6.07) is 0. The number of aliphatic carboxylic acids is 1. The molecular weight excluding hydrogens is 299 g/mol. The van der Waals surface area contributed by atoms with E-state index in [0.29, 0.717) is 37.5 Å². The van der Waals surface area contributed by atoms with Gasteiger partial charge >= 0.3 is 12.1 Å². The summed E-state index contributed by atoms with van der Waals surface area (Å²) in [6.07, 6.45) is -3.61. The second-order valence-electron chi connectivity index (χ2n) is 4.29. The first kappa shape index (κ1) is 15.0. The minimum absolute atomic E-state index is 0.183. The summed E-state index contributed by atoms with van der Waals surface area (Å²) >= 11 is 0.712. The number of carboxylic acid groups (broad SMARTS) is 1. The Morgan fingerprint density at radius 1 is 1.45 bits per heavy atom. The number of halogens is 3. The van der Waals surface area contributed by atoms with E-state index in [1.807, 2.05) is 0 Å². The molecule has 1 aliphatic heterocycles. The lowest BCUT2D eigenvalue weighted by Gasteiger charge is -2.31. The number of ether oxygens (including phenoxy) is 1. The summed E-state index contributed by atoms with van der Waals surface area (Å²) < 4.78 is 45.6. The van der Waals surface area contributed by atoms with Crippen LogP contribution >= 0.6 is 11.5 Å². The lowest BCUT2D eigenvalue weighted by Crippen LogP contribution is -2.37. The molecular formula is C10H12F3N3O3S. The maximum absolute atomic E-state index is 12.4. The number of nitrogens with zero attached hydrogens (tertiary/aromatic N) is 3. The van der Waals surface area contributed by atoms with Crippen LogP contribution in [-0.4, -0.2) is 46.2 Å². The first-order chi connectivity index (χ1) is 9.36. The van der Waals surface area contributed by atoms with Crippen molar-refractivity contribution in [2.45, 2.75) is 25.1 Å². The quantitative estimate of drug-likeness (QED) is 0.911. The summed E-state index contributed by atoms with van der Waals surface area (Å²) in [7, 11) is 0. The highest BCUT2D eigenvalue weighted by molar-refractivity contribution is 7.09. The van der Waals surface area contributed by atoms with Crippen LogP contribution in [0.15, 0.2) is 0 Å². The number of anilines is 1. The fourth-order valence-electron chi connectivity index (χ4n) is 1.86. The molecule has 1 fully saturated rings. The van der Waals surface area contributed by atoms with Crippen molar-refractivity contribution in [1.82, 2.24) is 9.36 Å². The van der Waals surface area contributed by atoms with Crippen LogP contribution < -0.4 is 4.90 Å². The molecule has 0 saturated carbocycles. The third kappa shape index (κ3) is 3.79. The Bertz CT molecular complexity index is 472. The van der Waals surface area contributed by atoms with Gasteiger partial charge in [-0.3, -0.25) is 0 Å². The summed E-state index contributed by atoms with van der Waals surface area (Å²) in [5, 5.41) is 8.73. The number of hydrogen-bond donors (Lipinski definition) is 1. The van der Waals surface area contributed by atoms with Crippen LogP contribution in [0.5, 0.6) is 0 Å². The highest BCUT2D eigenvalue weighted by Gasteiger charge is 2.37. The highest BCUT2D eigenvalue weighted by Crippen LogP contribution is 2.31. The zero-order chi connectivity index (χ0) is 14.8. The van der Waals surface area contributed by atoms with Crippen molar-refractivity contribution in [2.75, 3.05) is 24.6 Å². The van der Waals surface area contributed by atoms with Gasteiger partial charge in [0.2, 0.25) is 11.0 Å². The van der Waals surface area contributed by atoms with Gasteiger partial charge < -0.3 is 14.7 Å². The number of carboxylic acids is 1. The maximum Gasteiger partial charge on any atom is 0.452 e. The third-order valence-corrected chi connectivity index (χ3v) is 3.60. The minimum Gasteiger partial charge on any atom is -0.480 e. The number of alkyl halides is 3. The average Bonchev–Trinajstić information content (AvgIpc) is 2.86. The number of piperidine rings is 1. The molecule has 0 atom stereocenters. The predicted molar refractivity (Wildman–Crippen MR) is 63.7 cm³/mol. The van der Waals surface area contributed by atoms with Gasteiger partial charge in [0.1, 0.15) is 6.61 Å². The van der Waals surface area contributed by atoms with E-state index in [4.69, 9.17) is 9.84 Å². The second-order valence-corrected chi connectivity index (χ2v) is 5.02. The van der Waals surface area contributed by atoms with Crippen LogP contribution in [0.2, 0.25) is 0 Å². The maximum atomic E-state index is 12.4. The Morgan fingerprint density at radius 3 is 2.60 bits per heavy atom. The monoisotopic (exact) mass is 311 g/mol. The zero-order valence-corrected chi connectivity index (χ0v) is 11.1. The lowest BCUT2D eigenvalue weighted by molar-refractivity contribution is -0.145. The molecule has 1 aromatic heterocycles. The molecule has 10 heteroatoms. The average molecular weight is 311 g/mol. The van der Waals surface area contributed by atoms with Crippen LogP contribution in [0.3, 0.4) is 0 Å². The zero-order valence-electron chi connectivity index (χ0n) is 10.3. The molecule has 1 saturated heterocycles. The van der Waals surface area contributed by atoms with Crippen molar-refractivity contribution < 1.29 is 27.8 Å². The van der Waals surface area contributed by atoms with Crippen molar-refractivity contribution in [3.05, 3.63) is 5.82 Å². The molecule has 112 valence electrons. The van der Waals surface area contributed by atoms with Crippen molar-refractivity contribution in [2.24, 2.45) is 0 Å². The Kier molecular flexibility index (Phi) is 4.43. The molecule has 1 aliphatic rings. The third-order valence-electron chi connectivity index (χ3n) is 2.82. The first-order valence-corrected chi connectivity index (χ1v) is 6.63. The van der Waals surface area contributed by atoms with Gasteiger partial charge in [-0.2, -0.15) is 22.5 Å². The van der Waals surface area contributed by atoms with Crippen LogP contribution in [0, 0.1) is 0 Å². The topological polar surface area (TPSA) is 75.6 Å². The molecule has 0 spiro atoms. The van der Waals surface area contributed by atoms with Crippen LogP contribution in [0.1, 0.15) is 18.7 Å². The van der Waals surface area contributed by atoms with Crippen LogP contribution in [0.4, 0.5) is 18.3 Å². The fourth-order valence-corrected chi connectivity index (χ4v) is 2.60. The van der Waals surface area contributed by atoms with Crippen molar-refractivity contribution in [3.8, 4) is 0 Å². The smallest absolute Gasteiger partial charge is 0.452 e. The Morgan fingerprint density at radius 2 is 2.10 bits per heavy atom. The Labute approximate surface area is 116 Å². The van der Waals surface area contributed by atoms with Gasteiger partial charge in [-0.05, 0) is 12.8 Å². The fraction of sp³-hybridized carbons (Fsp3) is 0.700. The summed E-state index contributed by atoms with van der Waals surface area (Å²) in [4.78, 5) is 15.5. The van der Waals surface area contributed by atoms with Gasteiger partial charge in [-0.1, -0.05) is 0 Å². The molecule has 20 heavy (non-hydrogen) atoms. The van der Waals surface area contributed by atoms with Crippen molar-refractivity contribution in [1.29, 1.82) is 0 Å². The molecule has 0 amide bonds. The SMILES string of the molecule is O=C(O)COC1CCN(c2nc(C(F)(F)F)ns2)CC1. The molecule has 0 aromatic carbocycles. The van der Waals surface area contributed by atoms with Crippen molar-refractivity contribution in [3.63, 3.8) is 0 Å². The number of aromatic nitrogens is 2. The van der Waals surface area contributed by atoms with E-state index in [-0.39, 0.29) is 17.8 Å². The summed E-state index contributed by atoms with van der Waals surface area (Å²) in [5.74, 6) is -2.16. The van der Waals surface area contributed by atoms with E-state index in [0.717, 1.165) is 0 Å². The summed E-state index contributed by atoms with van der Waals surface area (Å²) in [6.45, 7) is 0.579. The van der Waals surface area contributed by atoms with Gasteiger partial charge in [-0.25, -0.2) is 4.79 Å². The second kappa shape index (κ2) is 5.92. The number of rotatable bonds is 4. The van der Waals surface area contributed by atoms with Gasteiger partial charge in [0, 0.05) is 24.6 Å². The van der Waals surface area contributed by atoms with Crippen molar-refractivity contribution >= 4 is 22.6 Å². The minimum atomic E-state index is -4.53. The lowest BCUT2D eigenvalue weighted by atomic mass is 10.1. The van der Waals surface area contributed by atoms with Crippen LogP contribution in [-0.2, 0) is 15.7 Å². The molecule has 0 bridgehead atoms. The van der Waals surface area contributed by atoms with Crippen LogP contribution in [0.25, 0.3) is 0 Å². The van der Waals surface area contributed by atoms with E-state index >= 15 is 0 Å². The van der Waals surface area contributed by atoms with E-state index in [9.17, 15) is 18.0 Å².